The lowest BCUT2D eigenvalue weighted by Gasteiger charge is -2.18. The summed E-state index contributed by atoms with van der Waals surface area (Å²) in [7, 11) is 1.98. The van der Waals surface area contributed by atoms with Crippen LogP contribution in [-0.2, 0) is 13.0 Å². The van der Waals surface area contributed by atoms with Crippen molar-refractivity contribution in [3.63, 3.8) is 0 Å². The Morgan fingerprint density at radius 1 is 1.42 bits per heavy atom. The van der Waals surface area contributed by atoms with Gasteiger partial charge in [0.05, 0.1) is 6.20 Å². The number of benzene rings is 1. The molecule has 2 aromatic rings. The number of hydrogen-bond donors (Lipinski definition) is 1. The van der Waals surface area contributed by atoms with Crippen LogP contribution in [0.4, 0.5) is 0 Å². The van der Waals surface area contributed by atoms with Gasteiger partial charge in [-0.1, -0.05) is 17.7 Å². The molecule has 3 nitrogen and oxygen atoms in total. The fourth-order valence-corrected chi connectivity index (χ4v) is 2.46. The van der Waals surface area contributed by atoms with Gasteiger partial charge in [-0.05, 0) is 56.1 Å². The van der Waals surface area contributed by atoms with Crippen molar-refractivity contribution in [1.82, 2.24) is 15.1 Å². The van der Waals surface area contributed by atoms with E-state index in [0.29, 0.717) is 0 Å². The number of likely N-dealkylation sites (N-methyl/N-ethyl adjacent to an activating group) is 1. The average Bonchev–Trinajstić information content (AvgIpc) is 2.87. The van der Waals surface area contributed by atoms with Gasteiger partial charge >= 0.3 is 0 Å². The van der Waals surface area contributed by atoms with Gasteiger partial charge in [-0.3, -0.25) is 4.68 Å². The molecule has 0 aliphatic heterocycles. The molecule has 1 atom stereocenters. The van der Waals surface area contributed by atoms with Crippen LogP contribution in [0, 0.1) is 6.92 Å². The minimum absolute atomic E-state index is 0.258. The molecule has 0 saturated carbocycles. The number of rotatable bonds is 5. The number of nitrogens with one attached hydrogen (secondary N) is 1. The van der Waals surface area contributed by atoms with Gasteiger partial charge in [-0.2, -0.15) is 5.10 Å². The highest BCUT2D eigenvalue weighted by atomic mass is 35.5. The Morgan fingerprint density at radius 2 is 2.21 bits per heavy atom. The summed E-state index contributed by atoms with van der Waals surface area (Å²) < 4.78 is 1.95. The molecule has 102 valence electrons. The Morgan fingerprint density at radius 3 is 2.84 bits per heavy atom. The minimum Gasteiger partial charge on any atom is -0.313 e. The topological polar surface area (TPSA) is 29.9 Å². The van der Waals surface area contributed by atoms with Gasteiger partial charge in [0.2, 0.25) is 0 Å². The van der Waals surface area contributed by atoms with Gasteiger partial charge in [0.15, 0.2) is 0 Å². The van der Waals surface area contributed by atoms with Crippen molar-refractivity contribution in [3.8, 4) is 0 Å². The van der Waals surface area contributed by atoms with E-state index < -0.39 is 0 Å². The highest BCUT2D eigenvalue weighted by molar-refractivity contribution is 6.30. The van der Waals surface area contributed by atoms with Crippen LogP contribution in [0.25, 0.3) is 0 Å². The molecule has 0 radical (unpaired) electrons. The molecule has 1 aromatic heterocycles. The van der Waals surface area contributed by atoms with E-state index in [1.54, 1.807) is 0 Å². The van der Waals surface area contributed by atoms with E-state index in [0.717, 1.165) is 18.0 Å². The van der Waals surface area contributed by atoms with Crippen molar-refractivity contribution in [2.75, 3.05) is 7.05 Å². The average molecular weight is 278 g/mol. The summed E-state index contributed by atoms with van der Waals surface area (Å²) in [4.78, 5) is 0. The first-order valence-corrected chi connectivity index (χ1v) is 6.96. The molecule has 0 amide bonds. The molecule has 0 aliphatic rings. The highest BCUT2D eigenvalue weighted by Crippen LogP contribution is 2.24. The van der Waals surface area contributed by atoms with Gasteiger partial charge < -0.3 is 5.32 Å². The molecule has 4 heteroatoms. The quantitative estimate of drug-likeness (QED) is 0.908. The van der Waals surface area contributed by atoms with Crippen molar-refractivity contribution in [2.24, 2.45) is 0 Å². The third-order valence-corrected chi connectivity index (χ3v) is 3.65. The maximum Gasteiger partial charge on any atom is 0.0522 e. The van der Waals surface area contributed by atoms with Crippen molar-refractivity contribution in [1.29, 1.82) is 0 Å². The van der Waals surface area contributed by atoms with Crippen molar-refractivity contribution in [2.45, 2.75) is 32.9 Å². The van der Waals surface area contributed by atoms with E-state index in [1.807, 2.05) is 30.1 Å². The molecule has 2 rings (SSSR count). The maximum atomic E-state index is 6.10. The molecular weight excluding hydrogens is 258 g/mol. The number of hydrogen-bond acceptors (Lipinski definition) is 2. The predicted octanol–water partition coefficient (Wildman–Crippen LogP) is 3.37. The van der Waals surface area contributed by atoms with E-state index in [2.05, 4.69) is 36.5 Å². The molecule has 0 bridgehead atoms. The second-order valence-corrected chi connectivity index (χ2v) is 5.19. The molecule has 1 N–H and O–H groups in total. The monoisotopic (exact) mass is 277 g/mol. The summed E-state index contributed by atoms with van der Waals surface area (Å²) in [6.45, 7) is 5.11. The van der Waals surface area contributed by atoms with Gasteiger partial charge in [0.1, 0.15) is 0 Å². The molecule has 1 aromatic carbocycles. The lowest BCUT2D eigenvalue weighted by Crippen LogP contribution is -2.19. The molecule has 0 spiro atoms. The van der Waals surface area contributed by atoms with Crippen LogP contribution in [0.5, 0.6) is 0 Å². The Hall–Kier alpha value is -1.32. The van der Waals surface area contributed by atoms with Gasteiger partial charge in [-0.25, -0.2) is 0 Å². The summed E-state index contributed by atoms with van der Waals surface area (Å²) in [5.41, 5.74) is 3.74. The molecule has 19 heavy (non-hydrogen) atoms. The highest BCUT2D eigenvalue weighted by Gasteiger charge is 2.14. The summed E-state index contributed by atoms with van der Waals surface area (Å²) in [6.07, 6.45) is 4.95. The van der Waals surface area contributed by atoms with E-state index >= 15 is 0 Å². The summed E-state index contributed by atoms with van der Waals surface area (Å²) in [5, 5.41) is 8.47. The zero-order valence-corrected chi connectivity index (χ0v) is 12.4. The normalized spacial score (nSPS) is 12.6. The smallest absolute Gasteiger partial charge is 0.0522 e. The van der Waals surface area contributed by atoms with Gasteiger partial charge in [0, 0.05) is 23.8 Å². The summed E-state index contributed by atoms with van der Waals surface area (Å²) >= 11 is 6.10. The zero-order chi connectivity index (χ0) is 13.8. The maximum absolute atomic E-state index is 6.10. The number of aromatic nitrogens is 2. The first kappa shape index (κ1) is 14.1. The summed E-state index contributed by atoms with van der Waals surface area (Å²) in [6, 6.07) is 6.30. The van der Waals surface area contributed by atoms with Crippen LogP contribution in [0.1, 0.15) is 29.7 Å². The third kappa shape index (κ3) is 3.37. The van der Waals surface area contributed by atoms with Gasteiger partial charge in [0.25, 0.3) is 0 Å². The molecule has 0 saturated heterocycles. The van der Waals surface area contributed by atoms with Crippen LogP contribution in [0.15, 0.2) is 30.6 Å². The second kappa shape index (κ2) is 6.22. The minimum atomic E-state index is 0.258. The van der Waals surface area contributed by atoms with Crippen LogP contribution in [0.3, 0.4) is 0 Å². The SMILES string of the molecule is CCn1cc(CC(NC)c2cc(Cl)ccc2C)cn1. The molecule has 1 heterocycles. The van der Waals surface area contributed by atoms with E-state index in [4.69, 9.17) is 11.6 Å². The number of nitrogens with zero attached hydrogens (tertiary/aromatic N) is 2. The van der Waals surface area contributed by atoms with Crippen LogP contribution in [-0.4, -0.2) is 16.8 Å². The Balaban J connectivity index is 2.22. The molecule has 0 aliphatic carbocycles. The van der Waals surface area contributed by atoms with Crippen molar-refractivity contribution in [3.05, 3.63) is 52.3 Å². The van der Waals surface area contributed by atoms with Crippen molar-refractivity contribution >= 4 is 11.6 Å². The second-order valence-electron chi connectivity index (χ2n) is 4.75. The largest absolute Gasteiger partial charge is 0.313 e. The van der Waals surface area contributed by atoms with Crippen molar-refractivity contribution < 1.29 is 0 Å². The lowest BCUT2D eigenvalue weighted by molar-refractivity contribution is 0.588. The van der Waals surface area contributed by atoms with Crippen LogP contribution >= 0.6 is 11.6 Å². The fraction of sp³-hybridized carbons (Fsp3) is 0.400. The first-order valence-electron chi connectivity index (χ1n) is 6.58. The summed E-state index contributed by atoms with van der Waals surface area (Å²) in [5.74, 6) is 0. The molecule has 0 fully saturated rings. The number of aryl methyl sites for hydroxylation is 2. The van der Waals surface area contributed by atoms with E-state index in [1.165, 1.54) is 16.7 Å². The Kier molecular flexibility index (Phi) is 4.61. The zero-order valence-electron chi connectivity index (χ0n) is 11.7. The van der Waals surface area contributed by atoms with Gasteiger partial charge in [-0.15, -0.1) is 0 Å². The predicted molar refractivity (Wildman–Crippen MR) is 79.6 cm³/mol. The molecular formula is C15H20ClN3. The third-order valence-electron chi connectivity index (χ3n) is 3.42. The standard InChI is InChI=1S/C15H20ClN3/c1-4-19-10-12(9-18-19)7-15(17-3)14-8-13(16)6-5-11(14)2/h5-6,8-10,15,17H,4,7H2,1-3H3. The Labute approximate surface area is 119 Å². The molecule has 1 unspecified atom stereocenters. The lowest BCUT2D eigenvalue weighted by atomic mass is 9.97. The van der Waals surface area contributed by atoms with E-state index in [9.17, 15) is 0 Å². The first-order chi connectivity index (χ1) is 9.13. The fourth-order valence-electron chi connectivity index (χ4n) is 2.27. The number of halogens is 1. The van der Waals surface area contributed by atoms with Crippen LogP contribution < -0.4 is 5.32 Å². The Bertz CT molecular complexity index is 548. The van der Waals surface area contributed by atoms with E-state index in [-0.39, 0.29) is 6.04 Å². The van der Waals surface area contributed by atoms with Crippen LogP contribution in [0.2, 0.25) is 5.02 Å².